The fraction of sp³-hybridized carbons (Fsp3) is 0.844. The number of hydrogen-bond donors (Lipinski definition) is 6. The number of unbranched alkanes of at least 4 members (excludes halogenated alkanes) is 34. The maximum atomic E-state index is 13.0. The summed E-state index contributed by atoms with van der Waals surface area (Å²) in [5.41, 5.74) is 0. The Bertz CT molecular complexity index is 1390. The van der Waals surface area contributed by atoms with Gasteiger partial charge in [0.25, 0.3) is 0 Å². The van der Waals surface area contributed by atoms with E-state index in [2.05, 4.69) is 55.6 Å². The topological polar surface area (TPSA) is 175 Å². The molecule has 1 heterocycles. The number of aliphatic hydroxyl groups excluding tert-OH is 5. The van der Waals surface area contributed by atoms with Gasteiger partial charge in [-0.2, -0.15) is 0 Å². The van der Waals surface area contributed by atoms with Crippen LogP contribution in [0.4, 0.5) is 0 Å². The van der Waals surface area contributed by atoms with Crippen molar-refractivity contribution in [2.45, 2.75) is 326 Å². The molecule has 0 aromatic heterocycles. The Hall–Kier alpha value is -2.38. The van der Waals surface area contributed by atoms with E-state index in [1.807, 2.05) is 6.08 Å². The van der Waals surface area contributed by atoms with E-state index >= 15 is 0 Å². The number of hydrogen-bond acceptors (Lipinski definition) is 10. The van der Waals surface area contributed by atoms with Gasteiger partial charge < -0.3 is 45.1 Å². The van der Waals surface area contributed by atoms with Crippen molar-refractivity contribution in [3.05, 3.63) is 48.6 Å². The molecule has 1 amide bonds. The molecule has 11 heteroatoms. The first kappa shape index (κ1) is 70.6. The van der Waals surface area contributed by atoms with Gasteiger partial charge in [-0.15, -0.1) is 0 Å². The maximum absolute atomic E-state index is 13.0. The second-order valence-electron chi connectivity index (χ2n) is 21.8. The van der Waals surface area contributed by atoms with E-state index in [0.29, 0.717) is 19.4 Å². The summed E-state index contributed by atoms with van der Waals surface area (Å²) in [5.74, 6) is -0.198. The summed E-state index contributed by atoms with van der Waals surface area (Å²) >= 11 is 0. The lowest BCUT2D eigenvalue weighted by Gasteiger charge is -2.40. The fourth-order valence-corrected chi connectivity index (χ4v) is 9.66. The van der Waals surface area contributed by atoms with Crippen molar-refractivity contribution in [1.82, 2.24) is 5.32 Å². The molecular formula is C64H117NO10. The van der Waals surface area contributed by atoms with Gasteiger partial charge in [0, 0.05) is 12.8 Å². The summed E-state index contributed by atoms with van der Waals surface area (Å²) in [6.45, 7) is 4.27. The summed E-state index contributed by atoms with van der Waals surface area (Å²) in [4.78, 5) is 25.0. The largest absolute Gasteiger partial charge is 0.466 e. The number of amides is 1. The lowest BCUT2D eigenvalue weighted by molar-refractivity contribution is -0.302. The number of nitrogens with one attached hydrogen (secondary N) is 1. The van der Waals surface area contributed by atoms with Crippen LogP contribution < -0.4 is 5.32 Å². The summed E-state index contributed by atoms with van der Waals surface area (Å²) in [6, 6.07) is -0.829. The molecule has 1 saturated heterocycles. The van der Waals surface area contributed by atoms with Crippen LogP contribution in [0.5, 0.6) is 0 Å². The van der Waals surface area contributed by atoms with Crippen molar-refractivity contribution in [3.8, 4) is 0 Å². The normalized spacial score (nSPS) is 19.1. The number of rotatable bonds is 54. The van der Waals surface area contributed by atoms with E-state index in [9.17, 15) is 35.1 Å². The molecular weight excluding hydrogens is 943 g/mol. The van der Waals surface area contributed by atoms with Gasteiger partial charge in [-0.3, -0.25) is 9.59 Å². The van der Waals surface area contributed by atoms with Gasteiger partial charge in [-0.05, 0) is 77.0 Å². The van der Waals surface area contributed by atoms with Gasteiger partial charge in [0.2, 0.25) is 5.91 Å². The molecule has 1 rings (SSSR count). The van der Waals surface area contributed by atoms with Crippen molar-refractivity contribution in [3.63, 3.8) is 0 Å². The molecule has 438 valence electrons. The van der Waals surface area contributed by atoms with Crippen LogP contribution in [0, 0.1) is 0 Å². The number of aliphatic hydroxyl groups is 5. The van der Waals surface area contributed by atoms with E-state index in [1.54, 1.807) is 6.08 Å². The predicted octanol–water partition coefficient (Wildman–Crippen LogP) is 14.8. The van der Waals surface area contributed by atoms with Crippen molar-refractivity contribution >= 4 is 11.9 Å². The molecule has 11 nitrogen and oxygen atoms in total. The van der Waals surface area contributed by atoms with Crippen LogP contribution >= 0.6 is 0 Å². The van der Waals surface area contributed by atoms with Crippen LogP contribution in [0.2, 0.25) is 0 Å². The van der Waals surface area contributed by atoms with Gasteiger partial charge in [0.05, 0.1) is 32.0 Å². The SMILES string of the molecule is CCCCC/C=C/CC/C=C/C(O)C(COC1OC(CO)C(O)C(O)C1O)NC(=O)CCCCCCCCCCCCC/C=C\C/C=C\CCCCCCCCCCCOC(=O)CCCCCCCCCCCCC. The minimum absolute atomic E-state index is 0.0000352. The van der Waals surface area contributed by atoms with Gasteiger partial charge >= 0.3 is 5.97 Å². The highest BCUT2D eigenvalue weighted by molar-refractivity contribution is 5.76. The number of allylic oxidation sites excluding steroid dienone is 7. The minimum Gasteiger partial charge on any atom is -0.466 e. The number of esters is 1. The fourth-order valence-electron chi connectivity index (χ4n) is 9.66. The van der Waals surface area contributed by atoms with Crippen molar-refractivity contribution in [2.24, 2.45) is 0 Å². The monoisotopic (exact) mass is 1060 g/mol. The van der Waals surface area contributed by atoms with E-state index in [-0.39, 0.29) is 18.5 Å². The first-order valence-corrected chi connectivity index (χ1v) is 31.4. The summed E-state index contributed by atoms with van der Waals surface area (Å²) < 4.78 is 16.7. The van der Waals surface area contributed by atoms with Crippen LogP contribution in [0.1, 0.15) is 284 Å². The molecule has 0 spiro atoms. The Kier molecular flexibility index (Phi) is 50.5. The summed E-state index contributed by atoms with van der Waals surface area (Å²) in [7, 11) is 0. The Balaban J connectivity index is 2.00. The Labute approximate surface area is 459 Å². The molecule has 1 aliphatic rings. The second-order valence-corrected chi connectivity index (χ2v) is 21.8. The first-order valence-electron chi connectivity index (χ1n) is 31.4. The molecule has 0 radical (unpaired) electrons. The summed E-state index contributed by atoms with van der Waals surface area (Å²) in [6.07, 6.45) is 58.1. The molecule has 0 aromatic rings. The van der Waals surface area contributed by atoms with E-state index in [0.717, 1.165) is 70.6 Å². The molecule has 1 aliphatic heterocycles. The number of carbonyl (C=O) groups excluding carboxylic acids is 2. The lowest BCUT2D eigenvalue weighted by Crippen LogP contribution is -2.60. The van der Waals surface area contributed by atoms with Crippen molar-refractivity contribution in [1.29, 1.82) is 0 Å². The third kappa shape index (κ3) is 43.2. The molecule has 1 fully saturated rings. The predicted molar refractivity (Wildman–Crippen MR) is 310 cm³/mol. The van der Waals surface area contributed by atoms with E-state index in [4.69, 9.17) is 14.2 Å². The van der Waals surface area contributed by atoms with Crippen LogP contribution in [-0.4, -0.2) is 100 Å². The maximum Gasteiger partial charge on any atom is 0.305 e. The molecule has 0 bridgehead atoms. The molecule has 0 aromatic carbocycles. The first-order chi connectivity index (χ1) is 36.7. The molecule has 6 N–H and O–H groups in total. The second kappa shape index (κ2) is 53.6. The zero-order valence-electron chi connectivity index (χ0n) is 48.3. The van der Waals surface area contributed by atoms with Gasteiger partial charge in [-0.1, -0.05) is 242 Å². The average Bonchev–Trinajstić information content (AvgIpc) is 3.41. The van der Waals surface area contributed by atoms with Crippen molar-refractivity contribution in [2.75, 3.05) is 19.8 Å². The minimum atomic E-state index is -1.58. The average molecular weight is 1060 g/mol. The van der Waals surface area contributed by atoms with Gasteiger partial charge in [-0.25, -0.2) is 0 Å². The highest BCUT2D eigenvalue weighted by Gasteiger charge is 2.44. The van der Waals surface area contributed by atoms with Crippen LogP contribution in [0.15, 0.2) is 48.6 Å². The summed E-state index contributed by atoms with van der Waals surface area (Å²) in [5, 5.41) is 54.2. The van der Waals surface area contributed by atoms with Crippen LogP contribution in [0.25, 0.3) is 0 Å². The standard InChI is InChI=1S/C64H117NO10/c1-3-5-7-9-11-13-31-36-40-44-48-52-60(69)73-53-49-45-41-37-33-30-28-26-24-22-20-18-16-14-15-17-19-21-23-25-27-29-32-35-39-43-47-51-59(68)65-56(57(67)50-46-42-38-34-12-10-8-6-4-2)55-74-64-63(72)62(71)61(70)58(54-66)75-64/h12,14-15,18,20,34,46,50,56-58,61-64,66-67,70-72H,3-11,13,16-17,19,21-33,35-45,47-49,51-55H2,1-2H3,(H,65,68)/b15-14-,20-18-,34-12+,50-46+. The quantitative estimate of drug-likeness (QED) is 0.0195. The zero-order chi connectivity index (χ0) is 54.5. The zero-order valence-corrected chi connectivity index (χ0v) is 48.3. The molecule has 0 aliphatic carbocycles. The smallest absolute Gasteiger partial charge is 0.305 e. The van der Waals surface area contributed by atoms with Gasteiger partial charge in [0.1, 0.15) is 24.4 Å². The Morgan fingerprint density at radius 3 is 1.43 bits per heavy atom. The molecule has 0 saturated carbocycles. The third-order valence-corrected chi connectivity index (χ3v) is 14.7. The van der Waals surface area contributed by atoms with Gasteiger partial charge in [0.15, 0.2) is 6.29 Å². The highest BCUT2D eigenvalue weighted by Crippen LogP contribution is 2.23. The van der Waals surface area contributed by atoms with Crippen LogP contribution in [0.3, 0.4) is 0 Å². The molecule has 7 atom stereocenters. The van der Waals surface area contributed by atoms with E-state index < -0.39 is 49.5 Å². The third-order valence-electron chi connectivity index (χ3n) is 14.7. The highest BCUT2D eigenvalue weighted by atomic mass is 16.7. The lowest BCUT2D eigenvalue weighted by atomic mass is 9.99. The Morgan fingerprint density at radius 1 is 0.493 bits per heavy atom. The molecule has 75 heavy (non-hydrogen) atoms. The van der Waals surface area contributed by atoms with Crippen LogP contribution in [-0.2, 0) is 23.8 Å². The number of ether oxygens (including phenoxy) is 3. The van der Waals surface area contributed by atoms with E-state index in [1.165, 1.54) is 186 Å². The van der Waals surface area contributed by atoms with Crippen molar-refractivity contribution < 1.29 is 49.3 Å². The Morgan fingerprint density at radius 2 is 0.907 bits per heavy atom. The molecule has 7 unspecified atom stereocenters. The number of carbonyl (C=O) groups is 2.